The molecule has 0 heterocycles. The van der Waals surface area contributed by atoms with Gasteiger partial charge in [0, 0.05) is 22.6 Å². The zero-order valence-electron chi connectivity index (χ0n) is 10.5. The van der Waals surface area contributed by atoms with Crippen LogP contribution in [0.25, 0.3) is 0 Å². The monoisotopic (exact) mass is 325 g/mol. The van der Waals surface area contributed by atoms with E-state index in [1.54, 1.807) is 6.92 Å². The average molecular weight is 326 g/mol. The van der Waals surface area contributed by atoms with Gasteiger partial charge in [-0.3, -0.25) is 0 Å². The molecule has 0 bridgehead atoms. The quantitative estimate of drug-likeness (QED) is 0.867. The van der Waals surface area contributed by atoms with Gasteiger partial charge in [-0.1, -0.05) is 34.1 Å². The first-order valence-corrected chi connectivity index (χ1v) is 6.79. The molecule has 0 fully saturated rings. The first-order valence-electron chi connectivity index (χ1n) is 5.99. The maximum absolute atomic E-state index is 13.6. The van der Waals surface area contributed by atoms with E-state index in [4.69, 9.17) is 0 Å². The Balaban J connectivity index is 2.07. The van der Waals surface area contributed by atoms with E-state index in [2.05, 4.69) is 21.2 Å². The van der Waals surface area contributed by atoms with Crippen LogP contribution < -0.4 is 5.32 Å². The van der Waals surface area contributed by atoms with E-state index in [1.165, 1.54) is 18.2 Å². The maximum Gasteiger partial charge on any atom is 0.130 e. The van der Waals surface area contributed by atoms with Crippen molar-refractivity contribution in [2.75, 3.05) is 0 Å². The van der Waals surface area contributed by atoms with Crippen LogP contribution in [0.2, 0.25) is 0 Å². The van der Waals surface area contributed by atoms with Gasteiger partial charge in [0.2, 0.25) is 0 Å². The molecule has 1 unspecified atom stereocenters. The first-order chi connectivity index (χ1) is 9.08. The summed E-state index contributed by atoms with van der Waals surface area (Å²) in [4.78, 5) is 0. The molecule has 100 valence electrons. The summed E-state index contributed by atoms with van der Waals surface area (Å²) in [5.74, 6) is -1.04. The molecule has 0 saturated heterocycles. The molecule has 0 aromatic heterocycles. The van der Waals surface area contributed by atoms with E-state index < -0.39 is 11.6 Å². The minimum absolute atomic E-state index is 0.0810. The second kappa shape index (κ2) is 6.26. The van der Waals surface area contributed by atoms with Gasteiger partial charge in [-0.25, -0.2) is 8.78 Å². The lowest BCUT2D eigenvalue weighted by atomic mass is 10.1. The summed E-state index contributed by atoms with van der Waals surface area (Å²) in [6, 6.07) is 11.3. The summed E-state index contributed by atoms with van der Waals surface area (Å²) < 4.78 is 28.2. The second-order valence-electron chi connectivity index (χ2n) is 4.37. The van der Waals surface area contributed by atoms with Crippen LogP contribution in [0.3, 0.4) is 0 Å². The van der Waals surface area contributed by atoms with Crippen LogP contribution in [0.5, 0.6) is 0 Å². The third kappa shape index (κ3) is 3.61. The van der Waals surface area contributed by atoms with Crippen molar-refractivity contribution in [3.05, 3.63) is 69.7 Å². The third-order valence-corrected chi connectivity index (χ3v) is 3.43. The van der Waals surface area contributed by atoms with Crippen LogP contribution in [0, 0.1) is 11.6 Å². The highest BCUT2D eigenvalue weighted by Crippen LogP contribution is 2.21. The van der Waals surface area contributed by atoms with Crippen LogP contribution in [0.15, 0.2) is 46.9 Å². The molecule has 0 aliphatic heterocycles. The number of hydrogen-bond acceptors (Lipinski definition) is 1. The van der Waals surface area contributed by atoms with Crippen molar-refractivity contribution in [3.8, 4) is 0 Å². The number of hydrogen-bond donors (Lipinski definition) is 1. The van der Waals surface area contributed by atoms with Gasteiger partial charge in [-0.05, 0) is 36.8 Å². The van der Waals surface area contributed by atoms with E-state index >= 15 is 0 Å². The molecule has 2 aromatic carbocycles. The van der Waals surface area contributed by atoms with Crippen LogP contribution in [0.1, 0.15) is 24.1 Å². The molecule has 0 aliphatic carbocycles. The molecule has 0 amide bonds. The lowest BCUT2D eigenvalue weighted by Crippen LogP contribution is -2.20. The Morgan fingerprint density at radius 2 is 1.74 bits per heavy atom. The average Bonchev–Trinajstić information content (AvgIpc) is 2.36. The molecular weight excluding hydrogens is 312 g/mol. The van der Waals surface area contributed by atoms with Gasteiger partial charge in [-0.15, -0.1) is 0 Å². The van der Waals surface area contributed by atoms with E-state index in [-0.39, 0.29) is 11.6 Å². The van der Waals surface area contributed by atoms with Gasteiger partial charge in [0.15, 0.2) is 0 Å². The Morgan fingerprint density at radius 3 is 2.37 bits per heavy atom. The molecule has 1 N–H and O–H groups in total. The topological polar surface area (TPSA) is 12.0 Å². The zero-order chi connectivity index (χ0) is 13.8. The molecule has 0 spiro atoms. The summed E-state index contributed by atoms with van der Waals surface area (Å²) in [6.07, 6.45) is 0. The summed E-state index contributed by atoms with van der Waals surface area (Å²) >= 11 is 3.39. The molecule has 2 aromatic rings. The summed E-state index contributed by atoms with van der Waals surface area (Å²) in [5, 5.41) is 3.12. The predicted octanol–water partition coefficient (Wildman–Crippen LogP) is 4.58. The first kappa shape index (κ1) is 14.2. The summed E-state index contributed by atoms with van der Waals surface area (Å²) in [7, 11) is 0. The Morgan fingerprint density at radius 1 is 1.11 bits per heavy atom. The van der Waals surface area contributed by atoms with Crippen molar-refractivity contribution in [1.82, 2.24) is 5.32 Å². The zero-order valence-corrected chi connectivity index (χ0v) is 12.0. The van der Waals surface area contributed by atoms with Gasteiger partial charge in [0.05, 0.1) is 0 Å². The standard InChI is InChI=1S/C15H14BrF2N/c1-10(15-13(17)6-3-7-14(15)18)19-9-11-4-2-5-12(16)8-11/h2-8,10,19H,9H2,1H3. The Hall–Kier alpha value is -1.26. The van der Waals surface area contributed by atoms with Crippen LogP contribution in [0.4, 0.5) is 8.78 Å². The Kier molecular flexibility index (Phi) is 4.66. The molecular formula is C15H14BrF2N. The Labute approximate surface area is 119 Å². The van der Waals surface area contributed by atoms with Gasteiger partial charge in [-0.2, -0.15) is 0 Å². The molecule has 19 heavy (non-hydrogen) atoms. The lowest BCUT2D eigenvalue weighted by molar-refractivity contribution is 0.487. The van der Waals surface area contributed by atoms with E-state index in [0.29, 0.717) is 6.54 Å². The smallest absolute Gasteiger partial charge is 0.130 e. The minimum Gasteiger partial charge on any atom is -0.306 e. The molecule has 2 rings (SSSR count). The fraction of sp³-hybridized carbons (Fsp3) is 0.200. The van der Waals surface area contributed by atoms with Crippen molar-refractivity contribution in [2.24, 2.45) is 0 Å². The van der Waals surface area contributed by atoms with Crippen molar-refractivity contribution in [3.63, 3.8) is 0 Å². The highest BCUT2D eigenvalue weighted by atomic mass is 79.9. The number of halogens is 3. The van der Waals surface area contributed by atoms with Gasteiger partial charge in [0.1, 0.15) is 11.6 Å². The third-order valence-electron chi connectivity index (χ3n) is 2.93. The van der Waals surface area contributed by atoms with Crippen LogP contribution >= 0.6 is 15.9 Å². The lowest BCUT2D eigenvalue weighted by Gasteiger charge is -2.16. The van der Waals surface area contributed by atoms with Gasteiger partial charge < -0.3 is 5.32 Å². The minimum atomic E-state index is -0.519. The number of nitrogens with one attached hydrogen (secondary N) is 1. The van der Waals surface area contributed by atoms with Crippen molar-refractivity contribution in [2.45, 2.75) is 19.5 Å². The highest BCUT2D eigenvalue weighted by Gasteiger charge is 2.15. The predicted molar refractivity (Wildman–Crippen MR) is 75.8 cm³/mol. The molecule has 0 radical (unpaired) electrons. The molecule has 4 heteroatoms. The summed E-state index contributed by atoms with van der Waals surface area (Å²) in [6.45, 7) is 2.30. The van der Waals surface area contributed by atoms with E-state index in [1.807, 2.05) is 24.3 Å². The highest BCUT2D eigenvalue weighted by molar-refractivity contribution is 9.10. The SMILES string of the molecule is CC(NCc1cccc(Br)c1)c1c(F)cccc1F. The van der Waals surface area contributed by atoms with Gasteiger partial charge >= 0.3 is 0 Å². The molecule has 1 nitrogen and oxygen atoms in total. The second-order valence-corrected chi connectivity index (χ2v) is 5.28. The van der Waals surface area contributed by atoms with Crippen molar-refractivity contribution in [1.29, 1.82) is 0 Å². The summed E-state index contributed by atoms with van der Waals surface area (Å²) in [5.41, 5.74) is 1.13. The fourth-order valence-corrected chi connectivity index (χ4v) is 2.39. The molecule has 0 aliphatic rings. The Bertz CT molecular complexity index is 552. The van der Waals surface area contributed by atoms with Crippen LogP contribution in [-0.4, -0.2) is 0 Å². The van der Waals surface area contributed by atoms with Gasteiger partial charge in [0.25, 0.3) is 0 Å². The fourth-order valence-electron chi connectivity index (χ4n) is 1.94. The molecule has 1 atom stereocenters. The van der Waals surface area contributed by atoms with Crippen molar-refractivity contribution >= 4 is 15.9 Å². The van der Waals surface area contributed by atoms with Crippen LogP contribution in [-0.2, 0) is 6.54 Å². The largest absolute Gasteiger partial charge is 0.306 e. The van der Waals surface area contributed by atoms with Crippen molar-refractivity contribution < 1.29 is 8.78 Å². The normalized spacial score (nSPS) is 12.4. The number of rotatable bonds is 4. The molecule has 0 saturated carbocycles. The van der Waals surface area contributed by atoms with E-state index in [0.717, 1.165) is 10.0 Å². The maximum atomic E-state index is 13.6. The number of benzene rings is 2. The van der Waals surface area contributed by atoms with E-state index in [9.17, 15) is 8.78 Å².